The van der Waals surface area contributed by atoms with E-state index in [4.69, 9.17) is 14.5 Å². The lowest BCUT2D eigenvalue weighted by molar-refractivity contribution is -0.197. The number of fused-ring (bicyclic) bond motifs is 9. The molecule has 2 aromatic rings. The van der Waals surface area contributed by atoms with Gasteiger partial charge in [0.1, 0.15) is 12.2 Å². The Morgan fingerprint density at radius 2 is 1.74 bits per heavy atom. The van der Waals surface area contributed by atoms with Gasteiger partial charge in [-0.3, -0.25) is 19.5 Å². The fraction of sp³-hybridized carbons (Fsp3) is 0.717. The smallest absolute Gasteiger partial charge is 0.302 e. The van der Waals surface area contributed by atoms with E-state index < -0.39 is 6.10 Å². The molecule has 2 bridgehead atoms. The first-order valence-corrected chi connectivity index (χ1v) is 21.2. The van der Waals surface area contributed by atoms with Crippen LogP contribution in [-0.2, 0) is 25.5 Å². The van der Waals surface area contributed by atoms with Gasteiger partial charge in [0, 0.05) is 43.4 Å². The summed E-state index contributed by atoms with van der Waals surface area (Å²) >= 11 is 0. The molecule has 1 unspecified atom stereocenters. The molecule has 1 aromatic carbocycles. The van der Waals surface area contributed by atoms with Gasteiger partial charge in [-0.2, -0.15) is 0 Å². The van der Waals surface area contributed by atoms with Crippen LogP contribution in [0.5, 0.6) is 0 Å². The van der Waals surface area contributed by atoms with Crippen molar-refractivity contribution < 1.29 is 24.2 Å². The minimum absolute atomic E-state index is 0.0765. The van der Waals surface area contributed by atoms with Crippen LogP contribution >= 0.6 is 0 Å². The molecule has 1 N–H and O–H groups in total. The number of aromatic nitrogens is 1. The van der Waals surface area contributed by atoms with Gasteiger partial charge >= 0.3 is 11.9 Å². The predicted octanol–water partition coefficient (Wildman–Crippen LogP) is 8.87. The lowest BCUT2D eigenvalue weighted by Crippen LogP contribution is -2.59. The molecule has 9 rings (SSSR count). The van der Waals surface area contributed by atoms with E-state index in [2.05, 4.69) is 68.7 Å². The molecule has 3 aliphatic heterocycles. The Balaban J connectivity index is 0.982. The van der Waals surface area contributed by atoms with Crippen LogP contribution in [0.3, 0.4) is 0 Å². The first-order chi connectivity index (χ1) is 25.4. The van der Waals surface area contributed by atoms with Crippen molar-refractivity contribution in [1.82, 2.24) is 9.88 Å². The number of esters is 2. The summed E-state index contributed by atoms with van der Waals surface area (Å²) in [5.74, 6) is 4.01. The van der Waals surface area contributed by atoms with Gasteiger partial charge in [0.15, 0.2) is 0 Å². The number of ether oxygens (including phenoxy) is 2. The molecule has 1 aromatic heterocycles. The van der Waals surface area contributed by atoms with Gasteiger partial charge in [-0.15, -0.1) is 6.58 Å². The molecule has 4 heterocycles. The Morgan fingerprint density at radius 3 is 2.47 bits per heavy atom. The topological polar surface area (TPSA) is 89.0 Å². The Morgan fingerprint density at radius 1 is 0.981 bits per heavy atom. The second-order valence-electron chi connectivity index (χ2n) is 19.0. The van der Waals surface area contributed by atoms with Gasteiger partial charge in [-0.1, -0.05) is 45.0 Å². The van der Waals surface area contributed by atoms with Crippen LogP contribution in [0.1, 0.15) is 123 Å². The van der Waals surface area contributed by atoms with Crippen LogP contribution in [0.4, 0.5) is 0 Å². The van der Waals surface area contributed by atoms with Crippen LogP contribution in [0.2, 0.25) is 0 Å². The van der Waals surface area contributed by atoms with Crippen LogP contribution in [0.25, 0.3) is 10.9 Å². The number of pyridine rings is 1. The molecule has 7 aliphatic rings. The molecule has 0 amide bonds. The largest absolute Gasteiger partial charge is 0.463 e. The van der Waals surface area contributed by atoms with E-state index in [1.807, 2.05) is 0 Å². The number of aliphatic hydroxyl groups is 1. The highest BCUT2D eigenvalue weighted by Gasteiger charge is 2.63. The molecule has 0 spiro atoms. The highest BCUT2D eigenvalue weighted by Crippen LogP contribution is 2.69. The van der Waals surface area contributed by atoms with Gasteiger partial charge in [0.05, 0.1) is 11.6 Å². The molecule has 7 fully saturated rings. The maximum absolute atomic E-state index is 12.5. The lowest BCUT2D eigenvalue weighted by Gasteiger charge is -2.62. The van der Waals surface area contributed by atoms with Crippen molar-refractivity contribution in [1.29, 1.82) is 0 Å². The van der Waals surface area contributed by atoms with Gasteiger partial charge in [0.2, 0.25) is 0 Å². The minimum atomic E-state index is -0.526. The summed E-state index contributed by atoms with van der Waals surface area (Å²) in [5.41, 5.74) is 3.51. The van der Waals surface area contributed by atoms with Crippen molar-refractivity contribution in [2.45, 2.75) is 136 Å². The summed E-state index contributed by atoms with van der Waals surface area (Å²) in [4.78, 5) is 32.0. The summed E-state index contributed by atoms with van der Waals surface area (Å²) in [5, 5.41) is 13.1. The van der Waals surface area contributed by atoms with E-state index in [1.54, 1.807) is 6.92 Å². The van der Waals surface area contributed by atoms with Crippen molar-refractivity contribution >= 4 is 22.8 Å². The highest BCUT2D eigenvalue weighted by molar-refractivity contribution is 5.82. The van der Waals surface area contributed by atoms with Gasteiger partial charge in [-0.25, -0.2) is 0 Å². The second kappa shape index (κ2) is 14.4. The third-order valence-electron chi connectivity index (χ3n) is 16.5. The van der Waals surface area contributed by atoms with Gasteiger partial charge in [-0.05, 0) is 154 Å². The van der Waals surface area contributed by atoms with Crippen LogP contribution < -0.4 is 0 Å². The number of aliphatic hydroxyl groups excluding tert-OH is 1. The quantitative estimate of drug-likeness (QED) is 0.204. The van der Waals surface area contributed by atoms with E-state index in [0.717, 1.165) is 80.2 Å². The number of para-hydroxylation sites is 1. The van der Waals surface area contributed by atoms with E-state index in [-0.39, 0.29) is 46.9 Å². The number of benzene rings is 1. The zero-order chi connectivity index (χ0) is 37.2. The molecule has 7 nitrogen and oxygen atoms in total. The average Bonchev–Trinajstić information content (AvgIpc) is 3.50. The van der Waals surface area contributed by atoms with Crippen molar-refractivity contribution in [3.05, 3.63) is 54.2 Å². The molecule has 15 atom stereocenters. The molecular weight excluding hydrogens is 661 g/mol. The zero-order valence-electron chi connectivity index (χ0n) is 33.0. The maximum atomic E-state index is 12.5. The Bertz CT molecular complexity index is 1710. The van der Waals surface area contributed by atoms with Crippen molar-refractivity contribution in [3.63, 3.8) is 0 Å². The normalized spacial score (nSPS) is 41.4. The van der Waals surface area contributed by atoms with Crippen LogP contribution in [0, 0.1) is 58.2 Å². The van der Waals surface area contributed by atoms with E-state index >= 15 is 0 Å². The number of piperidine rings is 3. The zero-order valence-corrected chi connectivity index (χ0v) is 33.0. The van der Waals surface area contributed by atoms with Crippen LogP contribution in [0.15, 0.2) is 43.0 Å². The number of hydrogen-bond donors (Lipinski definition) is 1. The van der Waals surface area contributed by atoms with Crippen LogP contribution in [-0.4, -0.2) is 58.3 Å². The van der Waals surface area contributed by atoms with E-state index in [1.165, 1.54) is 39.0 Å². The maximum Gasteiger partial charge on any atom is 0.302 e. The van der Waals surface area contributed by atoms with Crippen molar-refractivity contribution in [2.24, 2.45) is 58.2 Å². The average molecular weight is 725 g/mol. The van der Waals surface area contributed by atoms with Crippen molar-refractivity contribution in [3.8, 4) is 0 Å². The molecule has 3 saturated heterocycles. The number of aryl methyl sites for hydroxylation is 1. The number of rotatable bonds is 9. The molecule has 53 heavy (non-hydrogen) atoms. The number of carbonyl (C=O) groups is 2. The number of carbonyl (C=O) groups excluding carboxylic acids is 2. The molecular formula is C46H64N2O5. The summed E-state index contributed by atoms with van der Waals surface area (Å²) in [6.45, 7) is 16.8. The molecule has 7 heteroatoms. The fourth-order valence-corrected chi connectivity index (χ4v) is 14.0. The van der Waals surface area contributed by atoms with Crippen molar-refractivity contribution in [2.75, 3.05) is 13.1 Å². The van der Waals surface area contributed by atoms with Gasteiger partial charge < -0.3 is 14.6 Å². The number of hydrogen-bond acceptors (Lipinski definition) is 7. The number of nitrogens with zero attached hydrogens (tertiary/aromatic N) is 2. The summed E-state index contributed by atoms with van der Waals surface area (Å²) < 4.78 is 11.9. The first kappa shape index (κ1) is 37.2. The second-order valence-corrected chi connectivity index (χ2v) is 19.0. The fourth-order valence-electron chi connectivity index (χ4n) is 14.0. The molecule has 4 aliphatic carbocycles. The third kappa shape index (κ3) is 6.58. The third-order valence-corrected chi connectivity index (χ3v) is 16.5. The first-order valence-electron chi connectivity index (χ1n) is 21.2. The summed E-state index contributed by atoms with van der Waals surface area (Å²) in [6.07, 6.45) is 14.4. The SMILES string of the molecule is C=C[C@H]1CN2CC[C@H]1C[C@@H]2[C@@H](O)c1cc(CC[C@@H](C)[C@H]2CC[C@H]3[C@@H]4C[C@H](OC(C)=O)[C@@H]5C[C@H](OC(C)=O)CC[C@]5(C)[C@H]4CC[C@]23C)nc2ccccc12. The molecule has 4 saturated carbocycles. The minimum Gasteiger partial charge on any atom is -0.463 e. The summed E-state index contributed by atoms with van der Waals surface area (Å²) in [7, 11) is 0. The van der Waals surface area contributed by atoms with E-state index in [0.29, 0.717) is 41.4 Å². The molecule has 288 valence electrons. The monoisotopic (exact) mass is 724 g/mol. The Labute approximate surface area is 317 Å². The van der Waals surface area contributed by atoms with E-state index in [9.17, 15) is 14.7 Å². The highest BCUT2D eigenvalue weighted by atomic mass is 16.5. The summed E-state index contributed by atoms with van der Waals surface area (Å²) in [6, 6.07) is 10.8. The predicted molar refractivity (Wildman–Crippen MR) is 208 cm³/mol. The lowest BCUT2D eigenvalue weighted by atomic mass is 9.43. The Kier molecular flexibility index (Phi) is 10.1. The Hall–Kier alpha value is -2.77. The molecule has 0 radical (unpaired) electrons. The standard InChI is InChI=1S/C46H64N2O5/c1-7-30-26-48-21-18-31(30)22-42(48)44(51)35-23-32(47-41-11-9-8-10-34(35)41)13-12-27(2)37-14-15-38-36-25-43(53-29(4)50)40-24-33(52-28(3)49)16-19-46(40,6)39(36)17-20-45(37,38)5/h7-11,23,27,30-31,33,36-40,42-44,51H,1,12-22,24-26H2,2-6H3/t27-,30+,31+,33-,36+,37-,38+,39+,40+,42-,43+,44+,45-,46-/m1/s1. The van der Waals surface area contributed by atoms with Gasteiger partial charge in [0.25, 0.3) is 0 Å².